The SMILES string of the molecule is CCOc1ccc(-c2nc(-c3ccc4ccccc4c3)no2)cc1OCC.CCOc1ccc(-c2nc(-c3cccc4ccccc34)no2)cc1OCC. The second kappa shape index (κ2) is 16.8. The molecular formula is C44H40N4O6. The van der Waals surface area contributed by atoms with Gasteiger partial charge < -0.3 is 28.0 Å². The Morgan fingerprint density at radius 3 is 1.56 bits per heavy atom. The summed E-state index contributed by atoms with van der Waals surface area (Å²) in [5, 5.41) is 12.9. The minimum atomic E-state index is 0.446. The highest BCUT2D eigenvalue weighted by Gasteiger charge is 2.17. The molecule has 0 aliphatic heterocycles. The van der Waals surface area contributed by atoms with E-state index in [1.165, 1.54) is 5.39 Å². The molecule has 2 heterocycles. The maximum absolute atomic E-state index is 5.69. The van der Waals surface area contributed by atoms with Gasteiger partial charge in [-0.3, -0.25) is 0 Å². The third-order valence-corrected chi connectivity index (χ3v) is 8.47. The standard InChI is InChI=1S/2C22H20N2O3/c1-3-25-19-13-12-16(14-20(19)26-4-2)22-23-21(24-27-22)18-11-7-9-15-8-5-6-10-17(15)18;1-3-25-19-12-11-18(14-20(19)26-4-2)22-23-21(24-27-22)17-10-9-15-7-5-6-8-16(15)13-17/h2*5-14H,3-4H2,1-2H3. The zero-order chi connectivity index (χ0) is 37.3. The van der Waals surface area contributed by atoms with Gasteiger partial charge in [0.2, 0.25) is 11.6 Å². The lowest BCUT2D eigenvalue weighted by molar-refractivity contribution is 0.288. The predicted octanol–water partition coefficient (Wildman–Crippen LogP) is 10.7. The number of rotatable bonds is 12. The van der Waals surface area contributed by atoms with Crippen molar-refractivity contribution in [3.05, 3.63) is 121 Å². The molecule has 0 N–H and O–H groups in total. The minimum Gasteiger partial charge on any atom is -0.490 e. The Bertz CT molecular complexity index is 2480. The molecule has 0 amide bonds. The zero-order valence-corrected chi connectivity index (χ0v) is 30.6. The molecule has 0 fully saturated rings. The highest BCUT2D eigenvalue weighted by atomic mass is 16.5. The van der Waals surface area contributed by atoms with Gasteiger partial charge in [-0.25, -0.2) is 0 Å². The van der Waals surface area contributed by atoms with E-state index in [1.54, 1.807) is 0 Å². The molecule has 272 valence electrons. The van der Waals surface area contributed by atoms with Crippen LogP contribution in [0, 0.1) is 0 Å². The Morgan fingerprint density at radius 2 is 0.926 bits per heavy atom. The molecular weight excluding hydrogens is 681 g/mol. The molecule has 0 bridgehead atoms. The fourth-order valence-electron chi connectivity index (χ4n) is 6.03. The summed E-state index contributed by atoms with van der Waals surface area (Å²) in [4.78, 5) is 9.16. The first kappa shape index (κ1) is 35.7. The normalized spacial score (nSPS) is 10.9. The number of hydrogen-bond donors (Lipinski definition) is 0. The van der Waals surface area contributed by atoms with Crippen LogP contribution in [0.3, 0.4) is 0 Å². The van der Waals surface area contributed by atoms with Crippen molar-refractivity contribution < 1.29 is 28.0 Å². The molecule has 54 heavy (non-hydrogen) atoms. The molecule has 2 aromatic heterocycles. The van der Waals surface area contributed by atoms with Crippen molar-refractivity contribution in [2.75, 3.05) is 26.4 Å². The molecule has 0 radical (unpaired) electrons. The zero-order valence-electron chi connectivity index (χ0n) is 30.6. The van der Waals surface area contributed by atoms with Crippen LogP contribution in [0.4, 0.5) is 0 Å². The first-order valence-corrected chi connectivity index (χ1v) is 18.0. The topological polar surface area (TPSA) is 115 Å². The maximum Gasteiger partial charge on any atom is 0.258 e. The van der Waals surface area contributed by atoms with Gasteiger partial charge in [-0.1, -0.05) is 89.2 Å². The summed E-state index contributed by atoms with van der Waals surface area (Å²) in [5.41, 5.74) is 3.45. The van der Waals surface area contributed by atoms with E-state index in [0.29, 0.717) is 72.9 Å². The third kappa shape index (κ3) is 7.88. The molecule has 0 atom stereocenters. The molecule has 0 aliphatic rings. The van der Waals surface area contributed by atoms with Crippen LogP contribution in [0.2, 0.25) is 0 Å². The average Bonchev–Trinajstić information content (AvgIpc) is 3.91. The van der Waals surface area contributed by atoms with E-state index in [1.807, 2.05) is 107 Å². The van der Waals surface area contributed by atoms with Gasteiger partial charge >= 0.3 is 0 Å². The number of benzene rings is 6. The van der Waals surface area contributed by atoms with E-state index in [2.05, 4.69) is 62.7 Å². The first-order chi connectivity index (χ1) is 26.6. The molecule has 10 nitrogen and oxygen atoms in total. The van der Waals surface area contributed by atoms with Gasteiger partial charge in [0.25, 0.3) is 11.8 Å². The molecule has 8 rings (SSSR count). The quantitative estimate of drug-likeness (QED) is 0.121. The third-order valence-electron chi connectivity index (χ3n) is 8.47. The number of ether oxygens (including phenoxy) is 4. The summed E-state index contributed by atoms with van der Waals surface area (Å²) >= 11 is 0. The Hall–Kier alpha value is -6.68. The van der Waals surface area contributed by atoms with Gasteiger partial charge in [-0.05, 0) is 91.7 Å². The van der Waals surface area contributed by atoms with Crippen LogP contribution in [-0.2, 0) is 0 Å². The predicted molar refractivity (Wildman–Crippen MR) is 210 cm³/mol. The van der Waals surface area contributed by atoms with Gasteiger partial charge in [0, 0.05) is 22.3 Å². The Labute approximate surface area is 313 Å². The molecule has 0 saturated heterocycles. The fraction of sp³-hybridized carbons (Fsp3) is 0.182. The smallest absolute Gasteiger partial charge is 0.258 e. The Kier molecular flexibility index (Phi) is 11.1. The van der Waals surface area contributed by atoms with E-state index >= 15 is 0 Å². The van der Waals surface area contributed by atoms with E-state index in [4.69, 9.17) is 28.0 Å². The lowest BCUT2D eigenvalue weighted by Crippen LogP contribution is -1.98. The van der Waals surface area contributed by atoms with Crippen molar-refractivity contribution in [1.29, 1.82) is 0 Å². The van der Waals surface area contributed by atoms with Gasteiger partial charge in [-0.2, -0.15) is 9.97 Å². The number of nitrogens with zero attached hydrogens (tertiary/aromatic N) is 4. The average molecular weight is 721 g/mol. The molecule has 10 heteroatoms. The fourth-order valence-corrected chi connectivity index (χ4v) is 6.03. The summed E-state index contributed by atoms with van der Waals surface area (Å²) in [6, 6.07) is 39.8. The van der Waals surface area contributed by atoms with Crippen molar-refractivity contribution in [2.24, 2.45) is 0 Å². The van der Waals surface area contributed by atoms with Crippen LogP contribution in [-0.4, -0.2) is 46.7 Å². The largest absolute Gasteiger partial charge is 0.490 e. The first-order valence-electron chi connectivity index (χ1n) is 18.0. The highest BCUT2D eigenvalue weighted by Crippen LogP contribution is 2.35. The van der Waals surface area contributed by atoms with Crippen LogP contribution in [0.15, 0.2) is 130 Å². The van der Waals surface area contributed by atoms with Gasteiger partial charge in [0.1, 0.15) is 0 Å². The van der Waals surface area contributed by atoms with Gasteiger partial charge in [-0.15, -0.1) is 0 Å². The minimum absolute atomic E-state index is 0.446. The number of fused-ring (bicyclic) bond motifs is 2. The van der Waals surface area contributed by atoms with Crippen LogP contribution in [0.5, 0.6) is 23.0 Å². The van der Waals surface area contributed by atoms with Gasteiger partial charge in [0.05, 0.1) is 26.4 Å². The summed E-state index contributed by atoms with van der Waals surface area (Å²) in [5.74, 6) is 4.76. The van der Waals surface area contributed by atoms with Crippen molar-refractivity contribution in [3.8, 4) is 68.7 Å². The lowest BCUT2D eigenvalue weighted by Gasteiger charge is -2.11. The van der Waals surface area contributed by atoms with E-state index in [0.717, 1.165) is 38.4 Å². The summed E-state index contributed by atoms with van der Waals surface area (Å²) < 4.78 is 33.6. The molecule has 8 aromatic rings. The summed E-state index contributed by atoms with van der Waals surface area (Å²) in [6.07, 6.45) is 0. The second-order valence-electron chi connectivity index (χ2n) is 12.0. The number of aromatic nitrogens is 4. The van der Waals surface area contributed by atoms with Crippen LogP contribution in [0.1, 0.15) is 27.7 Å². The van der Waals surface area contributed by atoms with Crippen LogP contribution >= 0.6 is 0 Å². The maximum atomic E-state index is 5.69. The molecule has 6 aromatic carbocycles. The monoisotopic (exact) mass is 720 g/mol. The number of hydrogen-bond acceptors (Lipinski definition) is 10. The van der Waals surface area contributed by atoms with Gasteiger partial charge in [0.15, 0.2) is 23.0 Å². The van der Waals surface area contributed by atoms with Crippen molar-refractivity contribution in [3.63, 3.8) is 0 Å². The molecule has 0 saturated carbocycles. The van der Waals surface area contributed by atoms with Crippen molar-refractivity contribution >= 4 is 21.5 Å². The summed E-state index contributed by atoms with van der Waals surface area (Å²) in [6.45, 7) is 10.0. The van der Waals surface area contributed by atoms with Crippen molar-refractivity contribution in [2.45, 2.75) is 27.7 Å². The second-order valence-corrected chi connectivity index (χ2v) is 12.0. The lowest BCUT2D eigenvalue weighted by atomic mass is 10.0. The van der Waals surface area contributed by atoms with Crippen LogP contribution in [0.25, 0.3) is 67.2 Å². The van der Waals surface area contributed by atoms with E-state index in [9.17, 15) is 0 Å². The summed E-state index contributed by atoms with van der Waals surface area (Å²) in [7, 11) is 0. The van der Waals surface area contributed by atoms with E-state index in [-0.39, 0.29) is 0 Å². The highest BCUT2D eigenvalue weighted by molar-refractivity contribution is 5.95. The Balaban J connectivity index is 0.000000167. The van der Waals surface area contributed by atoms with E-state index < -0.39 is 0 Å². The van der Waals surface area contributed by atoms with Crippen LogP contribution < -0.4 is 18.9 Å². The molecule has 0 spiro atoms. The Morgan fingerprint density at radius 1 is 0.426 bits per heavy atom. The van der Waals surface area contributed by atoms with Crippen molar-refractivity contribution in [1.82, 2.24) is 20.3 Å². The molecule has 0 unspecified atom stereocenters. The molecule has 0 aliphatic carbocycles.